The Morgan fingerprint density at radius 2 is 1.97 bits per heavy atom. The molecule has 30 heavy (non-hydrogen) atoms. The van der Waals surface area contributed by atoms with Crippen LogP contribution in [0.3, 0.4) is 0 Å². The predicted molar refractivity (Wildman–Crippen MR) is 102 cm³/mol. The summed E-state index contributed by atoms with van der Waals surface area (Å²) >= 11 is 1.49. The van der Waals surface area contributed by atoms with E-state index in [0.29, 0.717) is 4.57 Å². The van der Waals surface area contributed by atoms with Gasteiger partial charge in [0.1, 0.15) is 11.2 Å². The summed E-state index contributed by atoms with van der Waals surface area (Å²) in [4.78, 5) is 43.6. The van der Waals surface area contributed by atoms with Crippen LogP contribution in [-0.2, 0) is 27.2 Å². The molecule has 6 atom stereocenters. The highest BCUT2D eigenvalue weighted by molar-refractivity contribution is 14.1. The third kappa shape index (κ3) is 5.26. The van der Waals surface area contributed by atoms with Crippen LogP contribution in [0.15, 0.2) is 21.9 Å². The number of alkyl halides is 2. The van der Waals surface area contributed by atoms with Crippen molar-refractivity contribution in [3.63, 3.8) is 0 Å². The number of aliphatic hydroxyl groups excluding tert-OH is 1. The van der Waals surface area contributed by atoms with Crippen molar-refractivity contribution in [2.75, 3.05) is 11.2 Å². The number of aromatic amines is 1. The third-order valence-corrected chi connectivity index (χ3v) is 7.05. The predicted octanol–water partition coefficient (Wildman–Crippen LogP) is -0.900. The Labute approximate surface area is 179 Å². The molecule has 18 heteroatoms. The summed E-state index contributed by atoms with van der Waals surface area (Å²) in [5.74, 6) is -1.85. The zero-order chi connectivity index (χ0) is 23.0. The average molecular weight is 586 g/mol. The number of hydrogen-bond donors (Lipinski definition) is 5. The molecule has 0 spiro atoms. The molecule has 2 rings (SSSR count). The van der Waals surface area contributed by atoms with Crippen molar-refractivity contribution in [2.45, 2.75) is 23.8 Å². The van der Waals surface area contributed by atoms with E-state index in [-0.39, 0.29) is 0 Å². The summed E-state index contributed by atoms with van der Waals surface area (Å²) in [6.07, 6.45) is 1.17. The number of rotatable bonds is 8. The van der Waals surface area contributed by atoms with E-state index in [4.69, 9.17) is 11.2 Å². The summed E-state index contributed by atoms with van der Waals surface area (Å²) in [5.41, 5.74) is -4.93. The van der Waals surface area contributed by atoms with Crippen molar-refractivity contribution in [2.24, 2.45) is 0 Å². The van der Waals surface area contributed by atoms with E-state index in [1.165, 1.54) is 22.6 Å². The van der Waals surface area contributed by atoms with E-state index < -0.39 is 61.9 Å². The second-order valence-electron chi connectivity index (χ2n) is 5.68. The lowest BCUT2D eigenvalue weighted by molar-refractivity contribution is -0.205. The van der Waals surface area contributed by atoms with Gasteiger partial charge in [-0.25, -0.2) is 18.3 Å². The first-order valence-electron chi connectivity index (χ1n) is 7.48. The van der Waals surface area contributed by atoms with E-state index >= 15 is 4.39 Å². The zero-order valence-electron chi connectivity index (χ0n) is 14.5. The van der Waals surface area contributed by atoms with Gasteiger partial charge in [-0.1, -0.05) is 28.5 Å². The van der Waals surface area contributed by atoms with Crippen molar-refractivity contribution >= 4 is 38.2 Å². The van der Waals surface area contributed by atoms with Crippen LogP contribution in [-0.4, -0.2) is 58.3 Å². The molecule has 0 bridgehead atoms. The van der Waals surface area contributed by atoms with E-state index in [9.17, 15) is 38.7 Å². The number of phosphoric ester groups is 2. The zero-order valence-corrected chi connectivity index (χ0v) is 18.4. The van der Waals surface area contributed by atoms with Gasteiger partial charge in [0.25, 0.3) is 11.4 Å². The number of hydrogen-bond acceptors (Lipinski definition) is 10. The van der Waals surface area contributed by atoms with Gasteiger partial charge in [0.2, 0.25) is 5.60 Å². The Hall–Kier alpha value is -0.960. The number of halogens is 2. The van der Waals surface area contributed by atoms with Gasteiger partial charge in [0.05, 0.1) is 0 Å². The van der Waals surface area contributed by atoms with E-state index in [2.05, 4.69) is 13.4 Å². The van der Waals surface area contributed by atoms with Crippen LogP contribution in [0.25, 0.3) is 0 Å². The lowest BCUT2D eigenvalue weighted by atomic mass is 9.94. The lowest BCUT2D eigenvalue weighted by Crippen LogP contribution is -2.51. The molecule has 168 valence electrons. The van der Waals surface area contributed by atoms with Crippen LogP contribution in [0.2, 0.25) is 0 Å². The van der Waals surface area contributed by atoms with Crippen molar-refractivity contribution < 1.29 is 51.6 Å². The van der Waals surface area contributed by atoms with E-state index in [1.54, 1.807) is 10.9 Å². The summed E-state index contributed by atoms with van der Waals surface area (Å²) in [6.45, 7) is -1.65. The van der Waals surface area contributed by atoms with Gasteiger partial charge in [0.15, 0.2) is 12.3 Å². The molecule has 0 radical (unpaired) electrons. The Kier molecular flexibility index (Phi) is 7.49. The van der Waals surface area contributed by atoms with Crippen LogP contribution in [0.5, 0.6) is 0 Å². The number of H-pyrrole nitrogens is 1. The molecule has 1 saturated heterocycles. The minimum absolute atomic E-state index is 0.411. The molecule has 1 aliphatic rings. The molecule has 0 amide bonds. The SMILES string of the molecule is C#C[C@]1(O)[C@H](n2ccc(=O)[nH]c2=O)O[C@](F)(COP(=O)(O)OP(=O)(O)OCI)[C@H]1O. The summed E-state index contributed by atoms with van der Waals surface area (Å²) in [5, 5.41) is 20.6. The maximum absolute atomic E-state index is 15.2. The summed E-state index contributed by atoms with van der Waals surface area (Å²) < 4.78 is 55.5. The van der Waals surface area contributed by atoms with Gasteiger partial charge in [0, 0.05) is 12.3 Å². The Morgan fingerprint density at radius 1 is 1.37 bits per heavy atom. The molecule has 2 heterocycles. The van der Waals surface area contributed by atoms with Crippen molar-refractivity contribution in [3.05, 3.63) is 33.1 Å². The molecular weight excluding hydrogens is 572 g/mol. The summed E-state index contributed by atoms with van der Waals surface area (Å²) in [7, 11) is -10.5. The van der Waals surface area contributed by atoms with Gasteiger partial charge in [-0.05, 0) is 0 Å². The van der Waals surface area contributed by atoms with Crippen molar-refractivity contribution in [1.82, 2.24) is 9.55 Å². The highest BCUT2D eigenvalue weighted by atomic mass is 127. The number of aliphatic hydroxyl groups is 2. The monoisotopic (exact) mass is 586 g/mol. The Balaban J connectivity index is 2.30. The molecule has 5 N–H and O–H groups in total. The number of terminal acetylenes is 1. The highest BCUT2D eigenvalue weighted by Gasteiger charge is 2.65. The molecule has 1 aliphatic heterocycles. The fourth-order valence-corrected chi connectivity index (χ4v) is 5.29. The van der Waals surface area contributed by atoms with Crippen LogP contribution in [0.4, 0.5) is 4.39 Å². The average Bonchev–Trinajstić information content (AvgIpc) is 2.82. The van der Waals surface area contributed by atoms with Crippen LogP contribution < -0.4 is 11.2 Å². The summed E-state index contributed by atoms with van der Waals surface area (Å²) in [6, 6.07) is 0.810. The van der Waals surface area contributed by atoms with Gasteiger partial charge in [-0.15, -0.1) is 6.42 Å². The van der Waals surface area contributed by atoms with Crippen LogP contribution in [0.1, 0.15) is 6.23 Å². The van der Waals surface area contributed by atoms with E-state index in [1.807, 2.05) is 0 Å². The third-order valence-electron chi connectivity index (χ3n) is 3.69. The molecule has 1 fully saturated rings. The first kappa shape index (κ1) is 25.3. The molecule has 1 aromatic rings. The van der Waals surface area contributed by atoms with Gasteiger partial charge in [-0.3, -0.25) is 23.4 Å². The molecule has 0 saturated carbocycles. The van der Waals surface area contributed by atoms with Crippen molar-refractivity contribution in [3.8, 4) is 12.3 Å². The standard InChI is InChI=1S/C12H14FIN2O12P2/c1-2-11(20)8(18)12(13,5-25-29(21,22)28-30(23,24)26-6-14)27-9(11)16-4-3-7(17)15-10(16)19/h1,3-4,8-9,18,20H,5-6H2,(H,21,22)(H,23,24)(H,15,17,19)/t8-,9+,11+,12+/m0/s1. The number of phosphoric acid groups is 2. The molecule has 2 unspecified atom stereocenters. The Bertz CT molecular complexity index is 1060. The molecule has 14 nitrogen and oxygen atoms in total. The number of aromatic nitrogens is 2. The van der Waals surface area contributed by atoms with Crippen LogP contribution in [0, 0.1) is 12.3 Å². The molecule has 1 aromatic heterocycles. The first-order chi connectivity index (χ1) is 13.7. The van der Waals surface area contributed by atoms with Crippen LogP contribution >= 0.6 is 38.2 Å². The highest BCUT2D eigenvalue weighted by Crippen LogP contribution is 2.61. The van der Waals surface area contributed by atoms with Crippen molar-refractivity contribution in [1.29, 1.82) is 0 Å². The minimum Gasteiger partial charge on any atom is -0.383 e. The second-order valence-corrected chi connectivity index (χ2v) is 9.34. The van der Waals surface area contributed by atoms with E-state index in [0.717, 1.165) is 12.3 Å². The topological polar surface area (TPSA) is 207 Å². The maximum atomic E-state index is 15.2. The normalized spacial score (nSPS) is 32.8. The second kappa shape index (κ2) is 8.88. The number of nitrogens with one attached hydrogen (secondary N) is 1. The first-order valence-corrected chi connectivity index (χ1v) is 12.0. The Morgan fingerprint density at radius 3 is 2.50 bits per heavy atom. The van der Waals surface area contributed by atoms with Gasteiger partial charge in [-0.2, -0.15) is 4.31 Å². The van der Waals surface area contributed by atoms with Gasteiger partial charge < -0.3 is 24.7 Å². The van der Waals surface area contributed by atoms with Gasteiger partial charge >= 0.3 is 21.3 Å². The number of nitrogens with zero attached hydrogens (tertiary/aromatic N) is 1. The smallest absolute Gasteiger partial charge is 0.383 e. The minimum atomic E-state index is -5.45. The molecular formula is C12H14FIN2O12P2. The maximum Gasteiger partial charge on any atom is 0.481 e. The molecule has 0 aromatic carbocycles. The number of ether oxygens (including phenoxy) is 1. The largest absolute Gasteiger partial charge is 0.481 e. The molecule has 0 aliphatic carbocycles. The quantitative estimate of drug-likeness (QED) is 0.109. The fraction of sp³-hybridized carbons (Fsp3) is 0.500. The lowest BCUT2D eigenvalue weighted by Gasteiger charge is -2.26. The fourth-order valence-electron chi connectivity index (χ4n) is 2.36.